The Labute approximate surface area is 188 Å². The highest BCUT2D eigenvalue weighted by Gasteiger charge is 2.16. The fraction of sp³-hybridized carbons (Fsp3) is 0.450. The zero-order valence-electron chi connectivity index (χ0n) is 17.6. The Morgan fingerprint density at radius 1 is 1.24 bits per heavy atom. The third kappa shape index (κ3) is 8.38. The number of benzene rings is 1. The number of aromatic nitrogens is 2. The number of hydrogen-bond donors (Lipinski definition) is 2. The number of nitrogens with zero attached hydrogens (tertiary/aromatic N) is 4. The molecule has 1 aromatic carbocycles. The highest BCUT2D eigenvalue weighted by atomic mass is 127. The smallest absolute Gasteiger partial charge is 0.240 e. The molecule has 0 aliphatic heterocycles. The van der Waals surface area contributed by atoms with Gasteiger partial charge in [-0.25, -0.2) is 9.07 Å². The summed E-state index contributed by atoms with van der Waals surface area (Å²) in [5, 5.41) is 10.7. The summed E-state index contributed by atoms with van der Waals surface area (Å²) in [6, 6.07) is 8.11. The van der Waals surface area contributed by atoms with Crippen molar-refractivity contribution in [1.29, 1.82) is 0 Å². The van der Waals surface area contributed by atoms with Crippen molar-refractivity contribution in [1.82, 2.24) is 25.3 Å². The molecule has 29 heavy (non-hydrogen) atoms. The Balaban J connectivity index is 0.00000420. The van der Waals surface area contributed by atoms with Crippen LogP contribution in [0.25, 0.3) is 5.69 Å². The normalized spacial score (nSPS) is 11.6. The first kappa shape index (κ1) is 24.9. The van der Waals surface area contributed by atoms with E-state index < -0.39 is 0 Å². The van der Waals surface area contributed by atoms with Crippen molar-refractivity contribution in [3.8, 4) is 5.69 Å². The van der Waals surface area contributed by atoms with E-state index >= 15 is 0 Å². The first-order valence-corrected chi connectivity index (χ1v) is 9.21. The van der Waals surface area contributed by atoms with E-state index in [1.165, 1.54) is 12.1 Å². The van der Waals surface area contributed by atoms with E-state index in [2.05, 4.69) is 20.7 Å². The van der Waals surface area contributed by atoms with E-state index in [4.69, 9.17) is 0 Å². The van der Waals surface area contributed by atoms with Gasteiger partial charge in [-0.05, 0) is 51.1 Å². The number of guanidine groups is 1. The van der Waals surface area contributed by atoms with Crippen LogP contribution in [0.4, 0.5) is 4.39 Å². The molecular formula is C20H30FIN6O. The maximum absolute atomic E-state index is 13.0. The lowest BCUT2D eigenvalue weighted by Gasteiger charge is -2.25. The van der Waals surface area contributed by atoms with Gasteiger partial charge in [-0.1, -0.05) is 0 Å². The minimum absolute atomic E-state index is 0. The van der Waals surface area contributed by atoms with Crippen LogP contribution >= 0.6 is 24.0 Å². The summed E-state index contributed by atoms with van der Waals surface area (Å²) in [5.74, 6) is 0.310. The maximum atomic E-state index is 13.0. The van der Waals surface area contributed by atoms with Gasteiger partial charge in [0.1, 0.15) is 5.82 Å². The Hall–Kier alpha value is -2.17. The van der Waals surface area contributed by atoms with Gasteiger partial charge in [0.15, 0.2) is 5.96 Å². The number of amides is 1. The molecule has 0 saturated carbocycles. The molecule has 0 saturated heterocycles. The predicted molar refractivity (Wildman–Crippen MR) is 125 cm³/mol. The summed E-state index contributed by atoms with van der Waals surface area (Å²) in [6.07, 6.45) is 2.54. The minimum atomic E-state index is -0.271. The number of carbonyl (C=O) groups is 1. The molecule has 1 aromatic heterocycles. The van der Waals surface area contributed by atoms with Gasteiger partial charge >= 0.3 is 0 Å². The molecule has 160 valence electrons. The molecule has 0 aliphatic rings. The van der Waals surface area contributed by atoms with Crippen LogP contribution in [-0.4, -0.2) is 59.3 Å². The second kappa shape index (κ2) is 11.1. The first-order chi connectivity index (χ1) is 13.2. The third-order valence-electron chi connectivity index (χ3n) is 3.87. The molecule has 1 amide bonds. The Morgan fingerprint density at radius 2 is 1.90 bits per heavy atom. The molecule has 0 bridgehead atoms. The molecule has 0 atom stereocenters. The van der Waals surface area contributed by atoms with Crippen LogP contribution in [0.1, 0.15) is 26.5 Å². The number of hydrogen-bond acceptors (Lipinski definition) is 3. The monoisotopic (exact) mass is 516 g/mol. The SMILES string of the molecule is CN=C(NCCc1ccn(-c2ccc(F)cc2)n1)N(C)CC(=O)NC(C)(C)C.I. The second-order valence-electron chi connectivity index (χ2n) is 7.61. The number of likely N-dealkylation sites (N-methyl/N-ethyl adjacent to an activating group) is 1. The molecule has 0 fully saturated rings. The van der Waals surface area contributed by atoms with Crippen LogP contribution in [0.5, 0.6) is 0 Å². The molecule has 9 heteroatoms. The van der Waals surface area contributed by atoms with Crippen molar-refractivity contribution in [3.63, 3.8) is 0 Å². The van der Waals surface area contributed by atoms with Crippen molar-refractivity contribution in [2.75, 3.05) is 27.2 Å². The lowest BCUT2D eigenvalue weighted by atomic mass is 10.1. The topological polar surface area (TPSA) is 74.5 Å². The van der Waals surface area contributed by atoms with Crippen LogP contribution in [0.3, 0.4) is 0 Å². The average molecular weight is 516 g/mol. The lowest BCUT2D eigenvalue weighted by Crippen LogP contribution is -2.49. The van der Waals surface area contributed by atoms with Crippen LogP contribution in [-0.2, 0) is 11.2 Å². The van der Waals surface area contributed by atoms with Gasteiger partial charge in [-0.3, -0.25) is 9.79 Å². The lowest BCUT2D eigenvalue weighted by molar-refractivity contribution is -0.122. The molecule has 0 radical (unpaired) electrons. The quantitative estimate of drug-likeness (QED) is 0.352. The highest BCUT2D eigenvalue weighted by Crippen LogP contribution is 2.09. The van der Waals surface area contributed by atoms with Crippen LogP contribution < -0.4 is 10.6 Å². The van der Waals surface area contributed by atoms with Crippen LogP contribution in [0.15, 0.2) is 41.5 Å². The average Bonchev–Trinajstić information content (AvgIpc) is 3.06. The van der Waals surface area contributed by atoms with Crippen molar-refractivity contribution >= 4 is 35.8 Å². The van der Waals surface area contributed by atoms with Crippen molar-refractivity contribution in [2.45, 2.75) is 32.7 Å². The van der Waals surface area contributed by atoms with Gasteiger partial charge < -0.3 is 15.5 Å². The molecule has 2 N–H and O–H groups in total. The maximum Gasteiger partial charge on any atom is 0.240 e. The zero-order chi connectivity index (χ0) is 20.7. The summed E-state index contributed by atoms with van der Waals surface area (Å²) in [5.41, 5.74) is 1.44. The number of carbonyl (C=O) groups excluding carboxylic acids is 1. The van der Waals surface area contributed by atoms with Gasteiger partial charge in [0.25, 0.3) is 0 Å². The third-order valence-corrected chi connectivity index (χ3v) is 3.87. The fourth-order valence-corrected chi connectivity index (χ4v) is 2.67. The van der Waals surface area contributed by atoms with Gasteiger partial charge in [-0.15, -0.1) is 24.0 Å². The molecule has 0 unspecified atom stereocenters. The zero-order valence-corrected chi connectivity index (χ0v) is 19.9. The minimum Gasteiger partial charge on any atom is -0.356 e. The molecule has 0 spiro atoms. The fourth-order valence-electron chi connectivity index (χ4n) is 2.67. The van der Waals surface area contributed by atoms with E-state index in [1.54, 1.807) is 28.8 Å². The standard InChI is InChI=1S/C20H29FN6O.HI/c1-20(2,3)24-18(28)14-26(5)19(22-4)23-12-10-16-11-13-27(25-16)17-8-6-15(21)7-9-17;/h6-9,11,13H,10,12,14H2,1-5H3,(H,22,23)(H,24,28);1H. The van der Waals surface area contributed by atoms with E-state index in [0.717, 1.165) is 11.4 Å². The molecular weight excluding hydrogens is 486 g/mol. The molecule has 0 aliphatic carbocycles. The summed E-state index contributed by atoms with van der Waals surface area (Å²) >= 11 is 0. The molecule has 2 aromatic rings. The second-order valence-corrected chi connectivity index (χ2v) is 7.61. The predicted octanol–water partition coefficient (Wildman–Crippen LogP) is 2.59. The number of rotatable bonds is 6. The van der Waals surface area contributed by atoms with Crippen molar-refractivity contribution in [3.05, 3.63) is 48.0 Å². The van der Waals surface area contributed by atoms with E-state index in [-0.39, 0.29) is 47.8 Å². The number of nitrogens with one attached hydrogen (secondary N) is 2. The van der Waals surface area contributed by atoms with Gasteiger partial charge in [-0.2, -0.15) is 5.10 Å². The summed E-state index contributed by atoms with van der Waals surface area (Å²) in [6.45, 7) is 6.68. The van der Waals surface area contributed by atoms with Crippen molar-refractivity contribution in [2.24, 2.45) is 4.99 Å². The Kier molecular flexibility index (Phi) is 9.54. The Morgan fingerprint density at radius 3 is 2.48 bits per heavy atom. The first-order valence-electron chi connectivity index (χ1n) is 9.21. The largest absolute Gasteiger partial charge is 0.356 e. The van der Waals surface area contributed by atoms with Gasteiger partial charge in [0, 0.05) is 38.8 Å². The van der Waals surface area contributed by atoms with E-state index in [9.17, 15) is 9.18 Å². The molecule has 7 nitrogen and oxygen atoms in total. The number of halogens is 2. The van der Waals surface area contributed by atoms with E-state index in [0.29, 0.717) is 18.9 Å². The summed E-state index contributed by atoms with van der Waals surface area (Å²) in [7, 11) is 3.50. The van der Waals surface area contributed by atoms with Crippen molar-refractivity contribution < 1.29 is 9.18 Å². The summed E-state index contributed by atoms with van der Waals surface area (Å²) < 4.78 is 14.7. The summed E-state index contributed by atoms with van der Waals surface area (Å²) in [4.78, 5) is 18.1. The van der Waals surface area contributed by atoms with E-state index in [1.807, 2.05) is 40.1 Å². The Bertz CT molecular complexity index is 813. The van der Waals surface area contributed by atoms with Gasteiger partial charge in [0.2, 0.25) is 5.91 Å². The molecule has 2 rings (SSSR count). The molecule has 1 heterocycles. The van der Waals surface area contributed by atoms with Gasteiger partial charge in [0.05, 0.1) is 17.9 Å². The van der Waals surface area contributed by atoms with Crippen LogP contribution in [0.2, 0.25) is 0 Å². The highest BCUT2D eigenvalue weighted by molar-refractivity contribution is 14.0. The number of aliphatic imine (C=N–C) groups is 1. The van der Waals surface area contributed by atoms with Crippen LogP contribution in [0, 0.1) is 5.82 Å².